The summed E-state index contributed by atoms with van der Waals surface area (Å²) < 4.78 is 1.90. The Morgan fingerprint density at radius 3 is 3.08 bits per heavy atom. The third-order valence-corrected chi connectivity index (χ3v) is 2.31. The molecule has 2 aromatic rings. The topological polar surface area (TPSA) is 30.7 Å². The van der Waals surface area contributed by atoms with Gasteiger partial charge < -0.3 is 0 Å². The highest BCUT2D eigenvalue weighted by atomic mass is 32.1. The van der Waals surface area contributed by atoms with Crippen molar-refractivity contribution in [3.63, 3.8) is 0 Å². The first-order chi connectivity index (χ1) is 5.84. The molecule has 0 saturated heterocycles. The van der Waals surface area contributed by atoms with Crippen LogP contribution in [-0.2, 0) is 6.54 Å². The first-order valence-electron chi connectivity index (χ1n) is 3.72. The molecular weight excluding hydrogens is 170 g/mol. The second-order valence-electron chi connectivity index (χ2n) is 2.64. The van der Waals surface area contributed by atoms with Crippen molar-refractivity contribution in [2.75, 3.05) is 0 Å². The summed E-state index contributed by atoms with van der Waals surface area (Å²) in [7, 11) is 0. The van der Waals surface area contributed by atoms with E-state index in [2.05, 4.69) is 10.1 Å². The van der Waals surface area contributed by atoms with Gasteiger partial charge in [-0.05, 0) is 12.5 Å². The molecule has 0 amide bonds. The number of hydrogen-bond donors (Lipinski definition) is 0. The fourth-order valence-electron chi connectivity index (χ4n) is 1.02. The molecule has 62 valence electrons. The lowest BCUT2D eigenvalue weighted by molar-refractivity contribution is 0.683. The van der Waals surface area contributed by atoms with Gasteiger partial charge in [0.15, 0.2) is 0 Å². The summed E-state index contributed by atoms with van der Waals surface area (Å²) in [6.07, 6.45) is 5.69. The lowest BCUT2D eigenvalue weighted by Gasteiger charge is -1.94. The second-order valence-corrected chi connectivity index (χ2v) is 3.62. The van der Waals surface area contributed by atoms with E-state index >= 15 is 0 Å². The van der Waals surface area contributed by atoms with Crippen LogP contribution in [0.3, 0.4) is 0 Å². The molecule has 0 radical (unpaired) electrons. The molecule has 0 fully saturated rings. The van der Waals surface area contributed by atoms with E-state index in [1.165, 1.54) is 5.56 Å². The molecule has 0 aliphatic rings. The fraction of sp³-hybridized carbons (Fsp3) is 0.250. The van der Waals surface area contributed by atoms with E-state index in [-0.39, 0.29) is 0 Å². The number of aryl methyl sites for hydroxylation is 1. The van der Waals surface area contributed by atoms with Gasteiger partial charge in [-0.25, -0.2) is 4.98 Å². The van der Waals surface area contributed by atoms with Gasteiger partial charge in [0, 0.05) is 17.8 Å². The van der Waals surface area contributed by atoms with Crippen LogP contribution in [0.15, 0.2) is 24.0 Å². The Labute approximate surface area is 74.7 Å². The highest BCUT2D eigenvalue weighted by Gasteiger charge is 1.97. The van der Waals surface area contributed by atoms with Gasteiger partial charge in [0.05, 0.1) is 12.7 Å². The average Bonchev–Trinajstić information content (AvgIpc) is 2.63. The van der Waals surface area contributed by atoms with Crippen molar-refractivity contribution in [2.24, 2.45) is 0 Å². The maximum Gasteiger partial charge on any atom is 0.114 e. The van der Waals surface area contributed by atoms with Gasteiger partial charge in [-0.2, -0.15) is 5.10 Å². The van der Waals surface area contributed by atoms with Crippen LogP contribution >= 0.6 is 11.3 Å². The van der Waals surface area contributed by atoms with Crippen LogP contribution in [0.5, 0.6) is 0 Å². The van der Waals surface area contributed by atoms with Crippen molar-refractivity contribution in [3.05, 3.63) is 34.5 Å². The molecular formula is C8H9N3S. The Morgan fingerprint density at radius 1 is 1.58 bits per heavy atom. The minimum absolute atomic E-state index is 0.783. The number of aromatic nitrogens is 3. The van der Waals surface area contributed by atoms with Gasteiger partial charge in [-0.1, -0.05) is 0 Å². The predicted molar refractivity (Wildman–Crippen MR) is 48.2 cm³/mol. The lowest BCUT2D eigenvalue weighted by Crippen LogP contribution is -1.98. The maximum atomic E-state index is 4.18. The molecule has 0 aromatic carbocycles. The van der Waals surface area contributed by atoms with Gasteiger partial charge in [-0.15, -0.1) is 11.3 Å². The van der Waals surface area contributed by atoms with E-state index in [1.807, 2.05) is 35.6 Å². The second kappa shape index (κ2) is 3.06. The third kappa shape index (κ3) is 1.53. The highest BCUT2D eigenvalue weighted by Crippen LogP contribution is 2.06. The maximum absolute atomic E-state index is 4.18. The van der Waals surface area contributed by atoms with Crippen LogP contribution in [-0.4, -0.2) is 14.8 Å². The van der Waals surface area contributed by atoms with Crippen LogP contribution < -0.4 is 0 Å². The molecule has 2 heterocycles. The summed E-state index contributed by atoms with van der Waals surface area (Å²) in [6, 6.07) is 0. The summed E-state index contributed by atoms with van der Waals surface area (Å²) in [4.78, 5) is 4.18. The van der Waals surface area contributed by atoms with E-state index in [4.69, 9.17) is 0 Å². The van der Waals surface area contributed by atoms with Gasteiger partial charge in [0.2, 0.25) is 0 Å². The van der Waals surface area contributed by atoms with Crippen LogP contribution in [0.1, 0.15) is 10.6 Å². The number of thiazole rings is 1. The van der Waals surface area contributed by atoms with Gasteiger partial charge in [0.25, 0.3) is 0 Å². The molecule has 0 bridgehead atoms. The molecule has 12 heavy (non-hydrogen) atoms. The zero-order chi connectivity index (χ0) is 8.39. The van der Waals surface area contributed by atoms with E-state index in [0.717, 1.165) is 11.6 Å². The Bertz CT molecular complexity index is 350. The van der Waals surface area contributed by atoms with Crippen molar-refractivity contribution in [2.45, 2.75) is 13.5 Å². The Kier molecular flexibility index (Phi) is 1.91. The Hall–Kier alpha value is -1.16. The number of nitrogens with zero attached hydrogens (tertiary/aromatic N) is 3. The molecule has 3 nitrogen and oxygen atoms in total. The smallest absolute Gasteiger partial charge is 0.114 e. The SMILES string of the molecule is Cc1cnn(Cc2nccs2)c1. The number of rotatable bonds is 2. The van der Waals surface area contributed by atoms with Crippen LogP contribution in [0.2, 0.25) is 0 Å². The van der Waals surface area contributed by atoms with Crippen LogP contribution in [0.25, 0.3) is 0 Å². The highest BCUT2D eigenvalue weighted by molar-refractivity contribution is 7.09. The molecule has 0 atom stereocenters. The third-order valence-electron chi connectivity index (χ3n) is 1.54. The van der Waals surface area contributed by atoms with Gasteiger partial charge >= 0.3 is 0 Å². The molecule has 0 aliphatic carbocycles. The van der Waals surface area contributed by atoms with Gasteiger partial charge in [0.1, 0.15) is 5.01 Å². The van der Waals surface area contributed by atoms with Crippen molar-refractivity contribution in [3.8, 4) is 0 Å². The van der Waals surface area contributed by atoms with Crippen molar-refractivity contribution < 1.29 is 0 Å². The normalized spacial score (nSPS) is 10.4. The minimum Gasteiger partial charge on any atom is -0.266 e. The molecule has 0 spiro atoms. The lowest BCUT2D eigenvalue weighted by atomic mass is 10.4. The zero-order valence-corrected chi connectivity index (χ0v) is 7.58. The average molecular weight is 179 g/mol. The fourth-order valence-corrected chi connectivity index (χ4v) is 1.63. The minimum atomic E-state index is 0.783. The van der Waals surface area contributed by atoms with E-state index in [0.29, 0.717) is 0 Å². The molecule has 4 heteroatoms. The standard InChI is InChI=1S/C8H9N3S/c1-7-4-10-11(5-7)6-8-9-2-3-12-8/h2-5H,6H2,1H3. The number of hydrogen-bond acceptors (Lipinski definition) is 3. The molecule has 0 aliphatic heterocycles. The van der Waals surface area contributed by atoms with E-state index < -0.39 is 0 Å². The molecule has 0 unspecified atom stereocenters. The van der Waals surface area contributed by atoms with Crippen LogP contribution in [0.4, 0.5) is 0 Å². The molecule has 0 N–H and O–H groups in total. The zero-order valence-electron chi connectivity index (χ0n) is 6.77. The van der Waals surface area contributed by atoms with Crippen molar-refractivity contribution in [1.29, 1.82) is 0 Å². The quantitative estimate of drug-likeness (QED) is 0.702. The molecule has 2 rings (SSSR count). The summed E-state index contributed by atoms with van der Waals surface area (Å²) >= 11 is 1.66. The van der Waals surface area contributed by atoms with E-state index in [9.17, 15) is 0 Å². The summed E-state index contributed by atoms with van der Waals surface area (Å²) in [5.74, 6) is 0. The van der Waals surface area contributed by atoms with E-state index in [1.54, 1.807) is 11.3 Å². The largest absolute Gasteiger partial charge is 0.266 e. The summed E-state index contributed by atoms with van der Waals surface area (Å²) in [5, 5.41) is 7.25. The summed E-state index contributed by atoms with van der Waals surface area (Å²) in [5.41, 5.74) is 1.19. The molecule has 2 aromatic heterocycles. The van der Waals surface area contributed by atoms with Gasteiger partial charge in [-0.3, -0.25) is 4.68 Å². The molecule has 0 saturated carbocycles. The van der Waals surface area contributed by atoms with Crippen molar-refractivity contribution >= 4 is 11.3 Å². The van der Waals surface area contributed by atoms with Crippen LogP contribution in [0, 0.1) is 6.92 Å². The monoisotopic (exact) mass is 179 g/mol. The first kappa shape index (κ1) is 7.49. The first-order valence-corrected chi connectivity index (χ1v) is 4.60. The Morgan fingerprint density at radius 2 is 2.50 bits per heavy atom. The van der Waals surface area contributed by atoms with Crippen molar-refractivity contribution in [1.82, 2.24) is 14.8 Å². The Balaban J connectivity index is 2.14. The predicted octanol–water partition coefficient (Wildman–Crippen LogP) is 1.70. The summed E-state index contributed by atoms with van der Waals surface area (Å²) in [6.45, 7) is 2.82.